The van der Waals surface area contributed by atoms with Crippen LogP contribution in [0.25, 0.3) is 0 Å². The van der Waals surface area contributed by atoms with E-state index >= 15 is 0 Å². The number of hydrogen-bond acceptors (Lipinski definition) is 1. The van der Waals surface area contributed by atoms with E-state index in [2.05, 4.69) is 19.2 Å². The van der Waals surface area contributed by atoms with Gasteiger partial charge in [0.25, 0.3) is 0 Å². The Morgan fingerprint density at radius 3 is 2.24 bits per heavy atom. The van der Waals surface area contributed by atoms with Crippen LogP contribution < -0.4 is 5.32 Å². The van der Waals surface area contributed by atoms with Crippen molar-refractivity contribution in [3.05, 3.63) is 35.6 Å². The Bertz CT molecular complexity index is 350. The van der Waals surface area contributed by atoms with Crippen LogP contribution in [-0.2, 0) is 5.41 Å². The van der Waals surface area contributed by atoms with Gasteiger partial charge in [-0.2, -0.15) is 0 Å². The molecule has 2 heteroatoms. The summed E-state index contributed by atoms with van der Waals surface area (Å²) in [5, 5.41) is 3.62. The molecule has 0 radical (unpaired) electrons. The highest BCUT2D eigenvalue weighted by molar-refractivity contribution is 5.26. The zero-order chi connectivity index (χ0) is 12.3. The van der Waals surface area contributed by atoms with Gasteiger partial charge in [-0.1, -0.05) is 26.0 Å². The topological polar surface area (TPSA) is 12.0 Å². The zero-order valence-corrected chi connectivity index (χ0v) is 10.8. The normalized spacial score (nSPS) is 16.2. The van der Waals surface area contributed by atoms with Crippen LogP contribution in [0.4, 0.5) is 4.39 Å². The van der Waals surface area contributed by atoms with Crippen LogP contribution in [0, 0.1) is 5.82 Å². The third kappa shape index (κ3) is 2.86. The van der Waals surface area contributed by atoms with Crippen LogP contribution in [-0.4, -0.2) is 12.6 Å². The average Bonchev–Trinajstić information content (AvgIpc) is 3.17. The van der Waals surface area contributed by atoms with E-state index in [1.807, 2.05) is 12.1 Å². The number of benzene rings is 1. The Balaban J connectivity index is 2.15. The lowest BCUT2D eigenvalue weighted by Gasteiger charge is -2.33. The fourth-order valence-corrected chi connectivity index (χ4v) is 2.44. The van der Waals surface area contributed by atoms with Gasteiger partial charge >= 0.3 is 0 Å². The first-order chi connectivity index (χ1) is 8.20. The summed E-state index contributed by atoms with van der Waals surface area (Å²) in [6, 6.07) is 7.76. The number of rotatable bonds is 6. The minimum absolute atomic E-state index is 0.148. The maximum absolute atomic E-state index is 13.0. The standard InChI is InChI=1S/C15H22FN/c1-3-15(4-2,11-17-14-9-10-14)12-5-7-13(16)8-6-12/h5-8,14,17H,3-4,9-11H2,1-2H3. The van der Waals surface area contributed by atoms with Crippen LogP contribution in [0.1, 0.15) is 45.1 Å². The molecule has 0 amide bonds. The Labute approximate surface area is 103 Å². The summed E-state index contributed by atoms with van der Waals surface area (Å²) in [6.45, 7) is 5.46. The van der Waals surface area contributed by atoms with Crippen molar-refractivity contribution in [2.75, 3.05) is 6.54 Å². The summed E-state index contributed by atoms with van der Waals surface area (Å²) >= 11 is 0. The van der Waals surface area contributed by atoms with E-state index in [4.69, 9.17) is 0 Å². The van der Waals surface area contributed by atoms with Crippen molar-refractivity contribution in [2.24, 2.45) is 0 Å². The molecule has 0 spiro atoms. The molecule has 0 unspecified atom stereocenters. The molecule has 1 fully saturated rings. The van der Waals surface area contributed by atoms with Crippen molar-refractivity contribution in [1.29, 1.82) is 0 Å². The molecule has 0 saturated heterocycles. The van der Waals surface area contributed by atoms with Gasteiger partial charge in [0, 0.05) is 18.0 Å². The summed E-state index contributed by atoms with van der Waals surface area (Å²) in [6.07, 6.45) is 4.81. The van der Waals surface area contributed by atoms with Gasteiger partial charge in [0.05, 0.1) is 0 Å². The van der Waals surface area contributed by atoms with Gasteiger partial charge in [-0.25, -0.2) is 4.39 Å². The number of hydrogen-bond donors (Lipinski definition) is 1. The molecular formula is C15H22FN. The van der Waals surface area contributed by atoms with Gasteiger partial charge < -0.3 is 5.32 Å². The number of halogens is 1. The van der Waals surface area contributed by atoms with Crippen molar-refractivity contribution in [3.8, 4) is 0 Å². The quantitative estimate of drug-likeness (QED) is 0.794. The Morgan fingerprint density at radius 1 is 1.18 bits per heavy atom. The Kier molecular flexibility index (Phi) is 3.82. The lowest BCUT2D eigenvalue weighted by atomic mass is 9.76. The predicted octanol–water partition coefficient (Wildman–Crippen LogP) is 3.64. The van der Waals surface area contributed by atoms with Gasteiger partial charge in [-0.15, -0.1) is 0 Å². The Morgan fingerprint density at radius 2 is 1.76 bits per heavy atom. The molecule has 1 aromatic rings. The van der Waals surface area contributed by atoms with Crippen LogP contribution in [0.3, 0.4) is 0 Å². The number of nitrogens with one attached hydrogen (secondary N) is 1. The smallest absolute Gasteiger partial charge is 0.123 e. The predicted molar refractivity (Wildman–Crippen MR) is 69.7 cm³/mol. The zero-order valence-electron chi connectivity index (χ0n) is 10.8. The van der Waals surface area contributed by atoms with E-state index < -0.39 is 0 Å². The van der Waals surface area contributed by atoms with E-state index in [1.165, 1.54) is 18.4 Å². The summed E-state index contributed by atoms with van der Waals surface area (Å²) in [5.41, 5.74) is 1.42. The first-order valence-corrected chi connectivity index (χ1v) is 6.69. The van der Waals surface area contributed by atoms with E-state index in [-0.39, 0.29) is 11.2 Å². The molecule has 1 aliphatic rings. The summed E-state index contributed by atoms with van der Waals surface area (Å²) in [4.78, 5) is 0. The third-order valence-electron chi connectivity index (χ3n) is 4.12. The van der Waals surface area contributed by atoms with Crippen molar-refractivity contribution in [2.45, 2.75) is 51.0 Å². The first-order valence-electron chi connectivity index (χ1n) is 6.69. The molecule has 0 aliphatic heterocycles. The van der Waals surface area contributed by atoms with Crippen molar-refractivity contribution >= 4 is 0 Å². The molecular weight excluding hydrogens is 213 g/mol. The molecule has 0 heterocycles. The fourth-order valence-electron chi connectivity index (χ4n) is 2.44. The molecule has 1 saturated carbocycles. The SMILES string of the molecule is CCC(CC)(CNC1CC1)c1ccc(F)cc1. The van der Waals surface area contributed by atoms with Crippen molar-refractivity contribution in [3.63, 3.8) is 0 Å². The van der Waals surface area contributed by atoms with Crippen LogP contribution in [0.15, 0.2) is 24.3 Å². The van der Waals surface area contributed by atoms with Gasteiger partial charge in [0.15, 0.2) is 0 Å². The highest BCUT2D eigenvalue weighted by atomic mass is 19.1. The lowest BCUT2D eigenvalue weighted by Crippen LogP contribution is -2.38. The fraction of sp³-hybridized carbons (Fsp3) is 0.600. The summed E-state index contributed by atoms with van der Waals surface area (Å²) in [5.74, 6) is -0.148. The molecule has 1 N–H and O–H groups in total. The molecule has 17 heavy (non-hydrogen) atoms. The second-order valence-electron chi connectivity index (χ2n) is 5.15. The Hall–Kier alpha value is -0.890. The molecule has 94 valence electrons. The van der Waals surface area contributed by atoms with Gasteiger partial charge in [-0.3, -0.25) is 0 Å². The van der Waals surface area contributed by atoms with E-state index in [0.29, 0.717) is 0 Å². The second kappa shape index (κ2) is 5.18. The van der Waals surface area contributed by atoms with Gasteiger partial charge in [0.2, 0.25) is 0 Å². The summed E-state index contributed by atoms with van der Waals surface area (Å²) < 4.78 is 13.0. The molecule has 0 atom stereocenters. The highest BCUT2D eigenvalue weighted by Crippen LogP contribution is 2.32. The second-order valence-corrected chi connectivity index (χ2v) is 5.15. The van der Waals surface area contributed by atoms with Crippen molar-refractivity contribution in [1.82, 2.24) is 5.32 Å². The van der Waals surface area contributed by atoms with Crippen LogP contribution in [0.5, 0.6) is 0 Å². The summed E-state index contributed by atoms with van der Waals surface area (Å²) in [7, 11) is 0. The van der Waals surface area contributed by atoms with Gasteiger partial charge in [-0.05, 0) is 43.4 Å². The largest absolute Gasteiger partial charge is 0.313 e. The van der Waals surface area contributed by atoms with Crippen molar-refractivity contribution < 1.29 is 4.39 Å². The molecule has 2 rings (SSSR count). The molecule has 1 aliphatic carbocycles. The minimum Gasteiger partial charge on any atom is -0.313 e. The lowest BCUT2D eigenvalue weighted by molar-refractivity contribution is 0.366. The average molecular weight is 235 g/mol. The van der Waals surface area contributed by atoms with E-state index in [9.17, 15) is 4.39 Å². The van der Waals surface area contributed by atoms with E-state index in [0.717, 1.165) is 25.4 Å². The van der Waals surface area contributed by atoms with Gasteiger partial charge in [0.1, 0.15) is 5.82 Å². The highest BCUT2D eigenvalue weighted by Gasteiger charge is 2.31. The molecule has 0 bridgehead atoms. The monoisotopic (exact) mass is 235 g/mol. The maximum atomic E-state index is 13.0. The first kappa shape index (κ1) is 12.6. The molecule has 0 aromatic heterocycles. The molecule has 1 aromatic carbocycles. The van der Waals surface area contributed by atoms with E-state index in [1.54, 1.807) is 12.1 Å². The third-order valence-corrected chi connectivity index (χ3v) is 4.12. The van der Waals surface area contributed by atoms with Crippen LogP contribution >= 0.6 is 0 Å². The minimum atomic E-state index is -0.148. The maximum Gasteiger partial charge on any atom is 0.123 e. The van der Waals surface area contributed by atoms with Crippen LogP contribution in [0.2, 0.25) is 0 Å². The molecule has 1 nitrogen and oxygen atoms in total.